The molecule has 5 nitrogen and oxygen atoms in total. The molecule has 1 heterocycles. The third kappa shape index (κ3) is 4.87. The van der Waals surface area contributed by atoms with E-state index in [0.717, 1.165) is 54.5 Å². The van der Waals surface area contributed by atoms with Crippen LogP contribution in [0.25, 0.3) is 0 Å². The Labute approximate surface area is 180 Å². The molecule has 1 aliphatic heterocycles. The summed E-state index contributed by atoms with van der Waals surface area (Å²) < 4.78 is 1.01. The van der Waals surface area contributed by atoms with Crippen molar-refractivity contribution in [3.05, 3.63) is 64.6 Å². The highest BCUT2D eigenvalue weighted by Gasteiger charge is 2.51. The summed E-state index contributed by atoms with van der Waals surface area (Å²) >= 11 is 3.51. The summed E-state index contributed by atoms with van der Waals surface area (Å²) in [6, 6.07) is 17.8. The van der Waals surface area contributed by atoms with Gasteiger partial charge in [0.15, 0.2) is 0 Å². The lowest BCUT2D eigenvalue weighted by Gasteiger charge is -2.32. The Bertz CT molecular complexity index is 875. The van der Waals surface area contributed by atoms with Crippen molar-refractivity contribution in [1.29, 1.82) is 0 Å². The molecule has 2 aromatic carbocycles. The molecule has 1 saturated heterocycles. The molecular formula is C23H26BrN3O2. The van der Waals surface area contributed by atoms with Crippen molar-refractivity contribution in [2.24, 2.45) is 0 Å². The van der Waals surface area contributed by atoms with Gasteiger partial charge in [0.05, 0.1) is 12.0 Å². The fourth-order valence-electron chi connectivity index (χ4n) is 4.04. The van der Waals surface area contributed by atoms with Gasteiger partial charge in [0.25, 0.3) is 0 Å². The van der Waals surface area contributed by atoms with Crippen LogP contribution in [-0.2, 0) is 15.0 Å². The molecule has 2 aromatic rings. The number of piperidine rings is 1. The zero-order valence-corrected chi connectivity index (χ0v) is 18.0. The van der Waals surface area contributed by atoms with Crippen molar-refractivity contribution >= 4 is 33.4 Å². The van der Waals surface area contributed by atoms with E-state index in [1.54, 1.807) is 0 Å². The summed E-state index contributed by atoms with van der Waals surface area (Å²) in [5, 5.41) is 6.20. The van der Waals surface area contributed by atoms with Gasteiger partial charge in [-0.25, -0.2) is 0 Å². The number of nitrogens with zero attached hydrogens (tertiary/aromatic N) is 1. The number of halogens is 1. The minimum Gasteiger partial charge on any atom is -0.353 e. The highest BCUT2D eigenvalue weighted by atomic mass is 79.9. The van der Waals surface area contributed by atoms with E-state index in [1.807, 2.05) is 48.5 Å². The molecule has 2 amide bonds. The quantitative estimate of drug-likeness (QED) is 0.697. The average Bonchev–Trinajstić information content (AvgIpc) is 3.52. The number of carbonyl (C=O) groups excluding carboxylic acids is 2. The van der Waals surface area contributed by atoms with Crippen LogP contribution >= 0.6 is 15.9 Å². The summed E-state index contributed by atoms with van der Waals surface area (Å²) in [4.78, 5) is 27.4. The molecule has 152 valence electrons. The second kappa shape index (κ2) is 8.67. The molecule has 2 N–H and O–H groups in total. The van der Waals surface area contributed by atoms with E-state index in [9.17, 15) is 9.59 Å². The Kier molecular flexibility index (Phi) is 6.01. The molecule has 0 atom stereocenters. The Morgan fingerprint density at radius 2 is 1.76 bits per heavy atom. The standard InChI is InChI=1S/C23H26BrN3O2/c24-18-6-4-5-17(15-18)23(11-12-23)22(29)26-20-9-13-27(14-10-20)16-21(28)25-19-7-2-1-3-8-19/h1-8,15,20H,9-14,16H2,(H,25,28)(H,26,29). The monoisotopic (exact) mass is 455 g/mol. The van der Waals surface area contributed by atoms with Gasteiger partial charge in [0.1, 0.15) is 0 Å². The van der Waals surface area contributed by atoms with E-state index in [2.05, 4.69) is 37.5 Å². The van der Waals surface area contributed by atoms with Crippen LogP contribution in [-0.4, -0.2) is 42.4 Å². The zero-order chi connectivity index (χ0) is 20.3. The number of hydrogen-bond acceptors (Lipinski definition) is 3. The van der Waals surface area contributed by atoms with Crippen molar-refractivity contribution in [1.82, 2.24) is 10.2 Å². The lowest BCUT2D eigenvalue weighted by atomic mass is 9.94. The van der Waals surface area contributed by atoms with Crippen LogP contribution in [0.5, 0.6) is 0 Å². The van der Waals surface area contributed by atoms with Crippen LogP contribution in [0.4, 0.5) is 5.69 Å². The van der Waals surface area contributed by atoms with Crippen molar-refractivity contribution < 1.29 is 9.59 Å². The highest BCUT2D eigenvalue weighted by Crippen LogP contribution is 2.49. The first-order chi connectivity index (χ1) is 14.0. The van der Waals surface area contributed by atoms with Gasteiger partial charge in [-0.05, 0) is 55.5 Å². The van der Waals surface area contributed by atoms with Crippen molar-refractivity contribution in [3.63, 3.8) is 0 Å². The summed E-state index contributed by atoms with van der Waals surface area (Å²) in [5.74, 6) is 0.154. The first kappa shape index (κ1) is 20.1. The van der Waals surface area contributed by atoms with Gasteiger partial charge in [-0.15, -0.1) is 0 Å². The zero-order valence-electron chi connectivity index (χ0n) is 16.4. The lowest BCUT2D eigenvalue weighted by molar-refractivity contribution is -0.125. The predicted octanol–water partition coefficient (Wildman–Crippen LogP) is 3.70. The Morgan fingerprint density at radius 3 is 2.41 bits per heavy atom. The van der Waals surface area contributed by atoms with Crippen LogP contribution in [0.15, 0.2) is 59.1 Å². The number of anilines is 1. The molecule has 4 rings (SSSR count). The van der Waals surface area contributed by atoms with Crippen molar-refractivity contribution in [3.8, 4) is 0 Å². The fraction of sp³-hybridized carbons (Fsp3) is 0.391. The van der Waals surface area contributed by atoms with E-state index in [-0.39, 0.29) is 23.3 Å². The number of nitrogens with one attached hydrogen (secondary N) is 2. The topological polar surface area (TPSA) is 61.4 Å². The summed E-state index contributed by atoms with van der Waals surface area (Å²) in [6.07, 6.45) is 3.57. The summed E-state index contributed by atoms with van der Waals surface area (Å²) in [5.41, 5.74) is 1.57. The maximum absolute atomic E-state index is 13.0. The van der Waals surface area contributed by atoms with Gasteiger partial charge in [-0.1, -0.05) is 46.3 Å². The molecule has 0 unspecified atom stereocenters. The molecule has 6 heteroatoms. The molecule has 0 bridgehead atoms. The molecular weight excluding hydrogens is 430 g/mol. The van der Waals surface area contributed by atoms with Crippen molar-refractivity contribution in [2.75, 3.05) is 25.0 Å². The van der Waals surface area contributed by atoms with E-state index < -0.39 is 0 Å². The van der Waals surface area contributed by atoms with E-state index in [4.69, 9.17) is 0 Å². The van der Waals surface area contributed by atoms with Gasteiger partial charge < -0.3 is 10.6 Å². The maximum Gasteiger partial charge on any atom is 0.238 e. The molecule has 2 aliphatic rings. The molecule has 1 saturated carbocycles. The Balaban J connectivity index is 1.25. The molecule has 0 radical (unpaired) electrons. The second-order valence-corrected chi connectivity index (χ2v) is 8.95. The number of para-hydroxylation sites is 1. The van der Waals surface area contributed by atoms with Gasteiger partial charge >= 0.3 is 0 Å². The minimum atomic E-state index is -0.351. The van der Waals surface area contributed by atoms with Crippen LogP contribution < -0.4 is 10.6 Å². The Morgan fingerprint density at radius 1 is 1.03 bits per heavy atom. The minimum absolute atomic E-state index is 0.00488. The third-order valence-corrected chi connectivity index (χ3v) is 6.40. The number of benzene rings is 2. The van der Waals surface area contributed by atoms with E-state index >= 15 is 0 Å². The molecule has 0 spiro atoms. The normalized spacial score (nSPS) is 18.8. The van der Waals surface area contributed by atoms with Crippen LogP contribution in [0.1, 0.15) is 31.2 Å². The predicted molar refractivity (Wildman–Crippen MR) is 118 cm³/mol. The molecule has 1 aliphatic carbocycles. The largest absolute Gasteiger partial charge is 0.353 e. The fourth-order valence-corrected chi connectivity index (χ4v) is 4.44. The average molecular weight is 456 g/mol. The highest BCUT2D eigenvalue weighted by molar-refractivity contribution is 9.10. The number of likely N-dealkylation sites (tertiary alicyclic amines) is 1. The number of rotatable bonds is 6. The van der Waals surface area contributed by atoms with E-state index in [1.165, 1.54) is 0 Å². The smallest absolute Gasteiger partial charge is 0.238 e. The van der Waals surface area contributed by atoms with Gasteiger partial charge in [0.2, 0.25) is 11.8 Å². The second-order valence-electron chi connectivity index (χ2n) is 8.03. The molecule has 0 aromatic heterocycles. The number of amides is 2. The molecule has 2 fully saturated rings. The van der Waals surface area contributed by atoms with E-state index in [0.29, 0.717) is 6.54 Å². The van der Waals surface area contributed by atoms with Crippen LogP contribution in [0, 0.1) is 0 Å². The lowest BCUT2D eigenvalue weighted by Crippen LogP contribution is -2.48. The number of carbonyl (C=O) groups is 2. The van der Waals surface area contributed by atoms with Crippen LogP contribution in [0.2, 0.25) is 0 Å². The van der Waals surface area contributed by atoms with Crippen LogP contribution in [0.3, 0.4) is 0 Å². The first-order valence-corrected chi connectivity index (χ1v) is 11.0. The van der Waals surface area contributed by atoms with Gasteiger partial charge in [-0.2, -0.15) is 0 Å². The SMILES string of the molecule is O=C(CN1CCC(NC(=O)C2(c3cccc(Br)c3)CC2)CC1)Nc1ccccc1. The van der Waals surface area contributed by atoms with Gasteiger partial charge in [-0.3, -0.25) is 14.5 Å². The summed E-state index contributed by atoms with van der Waals surface area (Å²) in [6.45, 7) is 2.02. The summed E-state index contributed by atoms with van der Waals surface area (Å²) in [7, 11) is 0. The number of hydrogen-bond donors (Lipinski definition) is 2. The first-order valence-electron chi connectivity index (χ1n) is 10.2. The van der Waals surface area contributed by atoms with Gasteiger partial charge in [0, 0.05) is 29.3 Å². The Hall–Kier alpha value is -2.18. The third-order valence-electron chi connectivity index (χ3n) is 5.91. The van der Waals surface area contributed by atoms with Crippen molar-refractivity contribution in [2.45, 2.75) is 37.1 Å². The maximum atomic E-state index is 13.0. The molecule has 29 heavy (non-hydrogen) atoms.